The number of aromatic nitrogens is 2. The highest BCUT2D eigenvalue weighted by Crippen LogP contribution is 2.01. The summed E-state index contributed by atoms with van der Waals surface area (Å²) in [5, 5.41) is 0.497. The molecule has 1 amide bonds. The van der Waals surface area contributed by atoms with Crippen LogP contribution in [-0.4, -0.2) is 15.9 Å². The van der Waals surface area contributed by atoms with Crippen LogP contribution < -0.4 is 17.0 Å². The molecule has 84 valence electrons. The molecule has 0 radical (unpaired) electrons. The predicted molar refractivity (Wildman–Crippen MR) is 60.1 cm³/mol. The Hall–Kier alpha value is -2.37. The zero-order valence-corrected chi connectivity index (χ0v) is 8.61. The van der Waals surface area contributed by atoms with Gasteiger partial charge in [-0.25, -0.2) is 4.79 Å². The van der Waals surface area contributed by atoms with Crippen molar-refractivity contribution in [2.24, 2.45) is 5.73 Å². The summed E-state index contributed by atoms with van der Waals surface area (Å²) in [6.07, 6.45) is 0. The van der Waals surface area contributed by atoms with Crippen LogP contribution in [0.25, 0.3) is 10.9 Å². The van der Waals surface area contributed by atoms with Crippen LogP contribution in [0.1, 0.15) is 6.92 Å². The Bertz CT molecular complexity index is 608. The summed E-state index contributed by atoms with van der Waals surface area (Å²) in [6.45, 7) is 1.31. The van der Waals surface area contributed by atoms with E-state index < -0.39 is 5.69 Å². The van der Waals surface area contributed by atoms with Gasteiger partial charge in [-0.05, 0) is 12.1 Å². The van der Waals surface area contributed by atoms with Gasteiger partial charge < -0.3 is 10.7 Å². The van der Waals surface area contributed by atoms with Gasteiger partial charge in [0.15, 0.2) is 0 Å². The minimum Gasteiger partial charge on any atom is -0.370 e. The molecule has 0 saturated carbocycles. The third-order valence-corrected chi connectivity index (χ3v) is 1.65. The number of primary amides is 1. The zero-order chi connectivity index (χ0) is 12.1. The van der Waals surface area contributed by atoms with Gasteiger partial charge in [0.05, 0.1) is 10.9 Å². The minimum atomic E-state index is -0.473. The first-order chi connectivity index (χ1) is 7.50. The molecule has 2 rings (SSSR count). The second-order valence-electron chi connectivity index (χ2n) is 3.06. The van der Waals surface area contributed by atoms with Crippen molar-refractivity contribution in [3.8, 4) is 0 Å². The number of nitrogens with one attached hydrogen (secondary N) is 2. The second kappa shape index (κ2) is 4.92. The minimum absolute atomic E-state index is 0.333. The number of rotatable bonds is 0. The summed E-state index contributed by atoms with van der Waals surface area (Å²) in [4.78, 5) is 35.8. The number of aromatic amines is 2. The number of H-pyrrole nitrogens is 2. The van der Waals surface area contributed by atoms with E-state index in [4.69, 9.17) is 0 Å². The van der Waals surface area contributed by atoms with Crippen LogP contribution in [0.3, 0.4) is 0 Å². The van der Waals surface area contributed by atoms with Crippen LogP contribution in [0, 0.1) is 0 Å². The third kappa shape index (κ3) is 3.09. The summed E-state index contributed by atoms with van der Waals surface area (Å²) in [7, 11) is 0. The summed E-state index contributed by atoms with van der Waals surface area (Å²) < 4.78 is 0. The maximum absolute atomic E-state index is 11.1. The molecule has 1 aromatic heterocycles. The average molecular weight is 221 g/mol. The van der Waals surface area contributed by atoms with Crippen LogP contribution in [0.5, 0.6) is 0 Å². The Morgan fingerprint density at radius 1 is 1.19 bits per heavy atom. The lowest BCUT2D eigenvalue weighted by atomic mass is 10.2. The highest BCUT2D eigenvalue weighted by atomic mass is 16.2. The molecule has 0 saturated heterocycles. The van der Waals surface area contributed by atoms with Gasteiger partial charge in [0.25, 0.3) is 5.56 Å². The molecular formula is C10H11N3O3. The lowest BCUT2D eigenvalue weighted by Crippen LogP contribution is -2.21. The van der Waals surface area contributed by atoms with E-state index in [-0.39, 0.29) is 11.5 Å². The summed E-state index contributed by atoms with van der Waals surface area (Å²) in [5.74, 6) is -0.333. The number of benzene rings is 1. The van der Waals surface area contributed by atoms with Crippen molar-refractivity contribution in [3.63, 3.8) is 0 Å². The van der Waals surface area contributed by atoms with Crippen molar-refractivity contribution in [2.45, 2.75) is 6.92 Å². The fourth-order valence-corrected chi connectivity index (χ4v) is 1.11. The maximum Gasteiger partial charge on any atom is 0.326 e. The Balaban J connectivity index is 0.000000280. The van der Waals surface area contributed by atoms with E-state index in [0.717, 1.165) is 0 Å². The number of fused-ring (bicyclic) bond motifs is 1. The topological polar surface area (TPSA) is 109 Å². The Labute approximate surface area is 90.1 Å². The fraction of sp³-hybridized carbons (Fsp3) is 0.100. The molecule has 0 aliphatic carbocycles. The third-order valence-electron chi connectivity index (χ3n) is 1.65. The van der Waals surface area contributed by atoms with Crippen LogP contribution in [0.15, 0.2) is 33.9 Å². The van der Waals surface area contributed by atoms with Gasteiger partial charge >= 0.3 is 5.69 Å². The smallest absolute Gasteiger partial charge is 0.326 e. The summed E-state index contributed by atoms with van der Waals surface area (Å²) in [6, 6.07) is 6.85. The van der Waals surface area contributed by atoms with E-state index in [2.05, 4.69) is 15.7 Å². The molecule has 6 heteroatoms. The molecule has 6 nitrogen and oxygen atoms in total. The largest absolute Gasteiger partial charge is 0.370 e. The molecule has 0 aliphatic heterocycles. The molecule has 0 spiro atoms. The van der Waals surface area contributed by atoms with Crippen molar-refractivity contribution >= 4 is 16.8 Å². The van der Waals surface area contributed by atoms with Gasteiger partial charge in [-0.15, -0.1) is 0 Å². The lowest BCUT2D eigenvalue weighted by Gasteiger charge is -1.92. The monoisotopic (exact) mass is 221 g/mol. The van der Waals surface area contributed by atoms with E-state index in [1.165, 1.54) is 6.92 Å². The van der Waals surface area contributed by atoms with Gasteiger partial charge in [0, 0.05) is 6.92 Å². The lowest BCUT2D eigenvalue weighted by molar-refractivity contribution is -0.115. The van der Waals surface area contributed by atoms with E-state index >= 15 is 0 Å². The fourth-order valence-electron chi connectivity index (χ4n) is 1.11. The summed E-state index contributed by atoms with van der Waals surface area (Å²) in [5.41, 5.74) is 4.21. The Morgan fingerprint density at radius 2 is 1.75 bits per heavy atom. The van der Waals surface area contributed by atoms with Gasteiger partial charge in [0.2, 0.25) is 5.91 Å². The highest BCUT2D eigenvalue weighted by molar-refractivity contribution is 5.76. The number of carbonyl (C=O) groups excluding carboxylic acids is 1. The van der Waals surface area contributed by atoms with E-state index in [0.29, 0.717) is 10.9 Å². The van der Waals surface area contributed by atoms with Crippen molar-refractivity contribution in [3.05, 3.63) is 45.1 Å². The van der Waals surface area contributed by atoms with E-state index in [1.54, 1.807) is 24.3 Å². The quantitative estimate of drug-likeness (QED) is 0.568. The molecule has 0 unspecified atom stereocenters. The number of amides is 1. The van der Waals surface area contributed by atoms with Gasteiger partial charge in [-0.1, -0.05) is 12.1 Å². The van der Waals surface area contributed by atoms with Crippen molar-refractivity contribution < 1.29 is 4.79 Å². The molecule has 0 aliphatic rings. The molecule has 2 aromatic rings. The van der Waals surface area contributed by atoms with Crippen LogP contribution in [0.2, 0.25) is 0 Å². The maximum atomic E-state index is 11.1. The summed E-state index contributed by atoms with van der Waals surface area (Å²) >= 11 is 0. The molecule has 0 atom stereocenters. The SMILES string of the molecule is CC(N)=O.O=c1[nH]c(=O)c2ccccc2[nH]1. The van der Waals surface area contributed by atoms with Gasteiger partial charge in [-0.2, -0.15) is 0 Å². The van der Waals surface area contributed by atoms with Gasteiger partial charge in [-0.3, -0.25) is 14.6 Å². The first-order valence-electron chi connectivity index (χ1n) is 4.48. The van der Waals surface area contributed by atoms with Crippen molar-refractivity contribution in [1.82, 2.24) is 9.97 Å². The number of hydrogen-bond donors (Lipinski definition) is 3. The predicted octanol–water partition coefficient (Wildman–Crippen LogP) is -0.292. The number of carbonyl (C=O) groups is 1. The van der Waals surface area contributed by atoms with Crippen LogP contribution >= 0.6 is 0 Å². The molecule has 1 aromatic carbocycles. The van der Waals surface area contributed by atoms with E-state index in [9.17, 15) is 14.4 Å². The molecule has 1 heterocycles. The van der Waals surface area contributed by atoms with Crippen LogP contribution in [0.4, 0.5) is 0 Å². The number of para-hydroxylation sites is 1. The second-order valence-corrected chi connectivity index (χ2v) is 3.06. The average Bonchev–Trinajstić information content (AvgIpc) is 2.16. The first kappa shape index (κ1) is 11.7. The first-order valence-corrected chi connectivity index (χ1v) is 4.48. The Kier molecular flexibility index (Phi) is 3.60. The molecule has 0 fully saturated rings. The Morgan fingerprint density at radius 3 is 2.38 bits per heavy atom. The highest BCUT2D eigenvalue weighted by Gasteiger charge is 1.96. The molecule has 0 bridgehead atoms. The van der Waals surface area contributed by atoms with Gasteiger partial charge in [0.1, 0.15) is 0 Å². The molecule has 4 N–H and O–H groups in total. The molecule has 16 heavy (non-hydrogen) atoms. The standard InChI is InChI=1S/C8H6N2O2.C2H5NO/c11-7-5-3-1-2-4-6(5)9-8(12)10-7;1-2(3)4/h1-4H,(H2,9,10,11,12);1H3,(H2,3,4). The number of hydrogen-bond acceptors (Lipinski definition) is 3. The van der Waals surface area contributed by atoms with E-state index in [1.807, 2.05) is 0 Å². The van der Waals surface area contributed by atoms with Crippen LogP contribution in [-0.2, 0) is 4.79 Å². The molecular weight excluding hydrogens is 210 g/mol. The van der Waals surface area contributed by atoms with Crippen molar-refractivity contribution in [1.29, 1.82) is 0 Å². The normalized spacial score (nSPS) is 9.31. The van der Waals surface area contributed by atoms with Crippen molar-refractivity contribution in [2.75, 3.05) is 0 Å². The zero-order valence-electron chi connectivity index (χ0n) is 8.61. The number of nitrogens with two attached hydrogens (primary N) is 1.